The summed E-state index contributed by atoms with van der Waals surface area (Å²) in [6, 6.07) is 14.2. The Morgan fingerprint density at radius 2 is 1.69 bits per heavy atom. The van der Waals surface area contributed by atoms with Gasteiger partial charge >= 0.3 is 0 Å². The summed E-state index contributed by atoms with van der Waals surface area (Å²) >= 11 is 12.2. The molecule has 0 radical (unpaired) electrons. The molecule has 2 aromatic carbocycles. The quantitative estimate of drug-likeness (QED) is 0.608. The lowest BCUT2D eigenvalue weighted by atomic mass is 10.1. The topological polar surface area (TPSA) is 29.9 Å². The highest BCUT2D eigenvalue weighted by molar-refractivity contribution is 6.35. The average Bonchev–Trinajstić information content (AvgIpc) is 2.86. The second-order valence-electron chi connectivity index (χ2n) is 6.63. The number of benzene rings is 2. The molecule has 136 valence electrons. The number of nitrogens with one attached hydrogen (secondary N) is 1. The van der Waals surface area contributed by atoms with Crippen molar-refractivity contribution in [2.24, 2.45) is 0 Å². The first kappa shape index (κ1) is 19.0. The fraction of sp³-hybridized carbons (Fsp3) is 0.286. The maximum atomic E-state index is 6.24. The Morgan fingerprint density at radius 3 is 2.38 bits per heavy atom. The molecule has 1 aromatic heterocycles. The largest absolute Gasteiger partial charge is 0.308 e. The minimum Gasteiger partial charge on any atom is -0.308 e. The Kier molecular flexibility index (Phi) is 6.02. The molecule has 3 rings (SSSR count). The van der Waals surface area contributed by atoms with Gasteiger partial charge in [-0.15, -0.1) is 0 Å². The lowest BCUT2D eigenvalue weighted by Gasteiger charge is -2.09. The number of aromatic nitrogens is 2. The van der Waals surface area contributed by atoms with Crippen molar-refractivity contribution in [1.82, 2.24) is 15.1 Å². The summed E-state index contributed by atoms with van der Waals surface area (Å²) in [6.45, 7) is 8.52. The van der Waals surface area contributed by atoms with Gasteiger partial charge in [-0.25, -0.2) is 0 Å². The van der Waals surface area contributed by atoms with E-state index < -0.39 is 0 Å². The highest BCUT2D eigenvalue weighted by Crippen LogP contribution is 2.21. The number of hydrogen-bond donors (Lipinski definition) is 1. The van der Waals surface area contributed by atoms with Crippen molar-refractivity contribution in [3.8, 4) is 0 Å². The summed E-state index contributed by atoms with van der Waals surface area (Å²) in [7, 11) is 0. The predicted octanol–water partition coefficient (Wildman–Crippen LogP) is 5.45. The Bertz CT molecular complexity index is 898. The first-order valence-corrected chi connectivity index (χ1v) is 9.42. The molecule has 0 bridgehead atoms. The van der Waals surface area contributed by atoms with Crippen LogP contribution in [0.2, 0.25) is 10.0 Å². The van der Waals surface area contributed by atoms with Gasteiger partial charge in [0.05, 0.1) is 12.2 Å². The Hall–Kier alpha value is -1.81. The van der Waals surface area contributed by atoms with Gasteiger partial charge in [-0.3, -0.25) is 4.68 Å². The Morgan fingerprint density at radius 1 is 0.962 bits per heavy atom. The van der Waals surface area contributed by atoms with Crippen LogP contribution in [0.3, 0.4) is 0 Å². The molecule has 26 heavy (non-hydrogen) atoms. The zero-order valence-corrected chi connectivity index (χ0v) is 16.8. The SMILES string of the molecule is Cc1ccc(Cn2nc(C)c(CNCc3ccc(Cl)cc3Cl)c2C)cc1. The standard InChI is InChI=1S/C21H23Cl2N3/c1-14-4-6-17(7-5-14)13-26-16(3)20(15(2)25-26)12-24-11-18-8-9-19(22)10-21(18)23/h4-10,24H,11-13H2,1-3H3. The zero-order chi connectivity index (χ0) is 18.7. The number of aryl methyl sites for hydroxylation is 2. The van der Waals surface area contributed by atoms with Gasteiger partial charge in [0.25, 0.3) is 0 Å². The predicted molar refractivity (Wildman–Crippen MR) is 109 cm³/mol. The number of nitrogens with zero attached hydrogens (tertiary/aromatic N) is 2. The van der Waals surface area contributed by atoms with Crippen LogP contribution in [-0.2, 0) is 19.6 Å². The van der Waals surface area contributed by atoms with Crippen molar-refractivity contribution in [1.29, 1.82) is 0 Å². The van der Waals surface area contributed by atoms with Crippen LogP contribution in [0, 0.1) is 20.8 Å². The van der Waals surface area contributed by atoms with E-state index in [1.807, 2.05) is 12.1 Å². The molecule has 0 amide bonds. The van der Waals surface area contributed by atoms with Crippen molar-refractivity contribution < 1.29 is 0 Å². The average molecular weight is 388 g/mol. The smallest absolute Gasteiger partial charge is 0.0662 e. The van der Waals surface area contributed by atoms with Gasteiger partial charge in [0.1, 0.15) is 0 Å². The lowest BCUT2D eigenvalue weighted by molar-refractivity contribution is 0.653. The van der Waals surface area contributed by atoms with E-state index in [4.69, 9.17) is 28.3 Å². The molecule has 3 aromatic rings. The van der Waals surface area contributed by atoms with Crippen molar-refractivity contribution in [3.63, 3.8) is 0 Å². The Labute approximate surface area is 164 Å². The van der Waals surface area contributed by atoms with Gasteiger partial charge in [-0.05, 0) is 44.0 Å². The number of hydrogen-bond acceptors (Lipinski definition) is 2. The molecule has 0 saturated carbocycles. The molecule has 0 atom stereocenters. The molecule has 0 aliphatic rings. The van der Waals surface area contributed by atoms with Crippen molar-refractivity contribution in [2.75, 3.05) is 0 Å². The summed E-state index contributed by atoms with van der Waals surface area (Å²) in [5, 5.41) is 9.52. The molecule has 1 N–H and O–H groups in total. The summed E-state index contributed by atoms with van der Waals surface area (Å²) in [4.78, 5) is 0. The van der Waals surface area contributed by atoms with Crippen LogP contribution in [0.25, 0.3) is 0 Å². The molecule has 0 aliphatic carbocycles. The maximum Gasteiger partial charge on any atom is 0.0662 e. The zero-order valence-electron chi connectivity index (χ0n) is 15.3. The highest BCUT2D eigenvalue weighted by Gasteiger charge is 2.12. The van der Waals surface area contributed by atoms with Crippen molar-refractivity contribution in [2.45, 2.75) is 40.4 Å². The van der Waals surface area contributed by atoms with Gasteiger partial charge in [0.15, 0.2) is 0 Å². The molecule has 0 fully saturated rings. The van der Waals surface area contributed by atoms with E-state index in [1.165, 1.54) is 22.4 Å². The van der Waals surface area contributed by atoms with Crippen molar-refractivity contribution >= 4 is 23.2 Å². The van der Waals surface area contributed by atoms with E-state index in [1.54, 1.807) is 6.07 Å². The van der Waals surface area contributed by atoms with Crippen LogP contribution in [0.15, 0.2) is 42.5 Å². The van der Waals surface area contributed by atoms with E-state index in [9.17, 15) is 0 Å². The van der Waals surface area contributed by atoms with Crippen LogP contribution in [0.1, 0.15) is 33.6 Å². The number of halogens is 2. The molecular weight excluding hydrogens is 365 g/mol. The summed E-state index contributed by atoms with van der Waals surface area (Å²) in [6.07, 6.45) is 0. The first-order valence-electron chi connectivity index (χ1n) is 8.67. The van der Waals surface area contributed by atoms with Gasteiger partial charge in [-0.2, -0.15) is 5.10 Å². The Balaban J connectivity index is 1.66. The molecule has 5 heteroatoms. The molecule has 0 aliphatic heterocycles. The molecule has 0 saturated heterocycles. The summed E-state index contributed by atoms with van der Waals surface area (Å²) in [5.74, 6) is 0. The summed E-state index contributed by atoms with van der Waals surface area (Å²) in [5.41, 5.74) is 7.06. The molecule has 1 heterocycles. The second kappa shape index (κ2) is 8.26. The van der Waals surface area contributed by atoms with E-state index in [-0.39, 0.29) is 0 Å². The minimum absolute atomic E-state index is 0.655. The molecule has 0 unspecified atom stereocenters. The first-order chi connectivity index (χ1) is 12.4. The third kappa shape index (κ3) is 4.47. The van der Waals surface area contributed by atoms with E-state index in [2.05, 4.69) is 55.0 Å². The summed E-state index contributed by atoms with van der Waals surface area (Å²) < 4.78 is 2.08. The third-order valence-electron chi connectivity index (χ3n) is 4.62. The van der Waals surface area contributed by atoms with Gasteiger partial charge in [0.2, 0.25) is 0 Å². The van der Waals surface area contributed by atoms with E-state index >= 15 is 0 Å². The second-order valence-corrected chi connectivity index (χ2v) is 7.48. The van der Waals surface area contributed by atoms with Gasteiger partial charge in [0, 0.05) is 34.4 Å². The molecule has 3 nitrogen and oxygen atoms in total. The third-order valence-corrected chi connectivity index (χ3v) is 5.20. The molecule has 0 spiro atoms. The van der Waals surface area contributed by atoms with Crippen LogP contribution in [0.5, 0.6) is 0 Å². The van der Waals surface area contributed by atoms with E-state index in [0.717, 1.165) is 24.3 Å². The lowest BCUT2D eigenvalue weighted by Crippen LogP contribution is -2.14. The van der Waals surface area contributed by atoms with Gasteiger partial charge < -0.3 is 5.32 Å². The minimum atomic E-state index is 0.655. The van der Waals surface area contributed by atoms with Crippen LogP contribution >= 0.6 is 23.2 Å². The van der Waals surface area contributed by atoms with Crippen molar-refractivity contribution in [3.05, 3.63) is 86.2 Å². The van der Waals surface area contributed by atoms with Crippen LogP contribution in [-0.4, -0.2) is 9.78 Å². The fourth-order valence-electron chi connectivity index (χ4n) is 3.00. The van der Waals surface area contributed by atoms with Gasteiger partial charge in [-0.1, -0.05) is 59.1 Å². The van der Waals surface area contributed by atoms with Crippen LogP contribution in [0.4, 0.5) is 0 Å². The number of rotatable bonds is 6. The highest BCUT2D eigenvalue weighted by atomic mass is 35.5. The van der Waals surface area contributed by atoms with E-state index in [0.29, 0.717) is 16.6 Å². The van der Waals surface area contributed by atoms with Crippen LogP contribution < -0.4 is 5.32 Å². The monoisotopic (exact) mass is 387 g/mol. The normalized spacial score (nSPS) is 11.1. The molecular formula is C21H23Cl2N3. The maximum absolute atomic E-state index is 6.24. The fourth-order valence-corrected chi connectivity index (χ4v) is 3.47.